The second kappa shape index (κ2) is 4.38. The van der Waals surface area contributed by atoms with E-state index in [0.717, 1.165) is 10.7 Å². The summed E-state index contributed by atoms with van der Waals surface area (Å²) in [6, 6.07) is 9.92. The van der Waals surface area contributed by atoms with Gasteiger partial charge < -0.3 is 5.32 Å². The van der Waals surface area contributed by atoms with Gasteiger partial charge in [0.1, 0.15) is 0 Å². The van der Waals surface area contributed by atoms with Crippen LogP contribution < -0.4 is 5.32 Å². The van der Waals surface area contributed by atoms with Crippen LogP contribution in [0, 0.1) is 5.41 Å². The Labute approximate surface area is 90.8 Å². The molecule has 0 amide bonds. The molecule has 0 spiro atoms. The normalized spacial score (nSPS) is 10.7. The van der Waals surface area contributed by atoms with E-state index in [4.69, 9.17) is 12.2 Å². The highest BCUT2D eigenvalue weighted by Crippen LogP contribution is 2.20. The first kappa shape index (κ1) is 10.9. The third-order valence-corrected chi connectivity index (χ3v) is 2.76. The van der Waals surface area contributed by atoms with Crippen LogP contribution in [0.5, 0.6) is 0 Å². The molecule has 2 heteroatoms. The number of hydrogen-bond acceptors (Lipinski definition) is 1. The van der Waals surface area contributed by atoms with Crippen molar-refractivity contribution in [2.75, 3.05) is 5.32 Å². The molecule has 0 saturated heterocycles. The largest absolute Gasteiger partial charge is 0.349 e. The molecule has 0 aliphatic heterocycles. The smallest absolute Gasteiger partial charge is 0.0892 e. The zero-order valence-corrected chi connectivity index (χ0v) is 9.40. The average molecular weight is 205 g/mol. The Morgan fingerprint density at radius 1 is 1.36 bits per heavy atom. The molecule has 1 rings (SSSR count). The molecule has 0 atom stereocenters. The number of nitrogens with one attached hydrogen (secondary N) is 1. The van der Waals surface area contributed by atoms with Gasteiger partial charge in [-0.3, -0.25) is 0 Å². The molecule has 0 fully saturated rings. The van der Waals surface area contributed by atoms with Crippen molar-refractivity contribution in [1.29, 1.82) is 0 Å². The van der Waals surface area contributed by atoms with E-state index in [9.17, 15) is 0 Å². The van der Waals surface area contributed by atoms with Crippen LogP contribution in [0.15, 0.2) is 43.0 Å². The highest BCUT2D eigenvalue weighted by molar-refractivity contribution is 7.80. The van der Waals surface area contributed by atoms with Crippen LogP contribution in [0.1, 0.15) is 13.8 Å². The molecule has 74 valence electrons. The lowest BCUT2D eigenvalue weighted by Gasteiger charge is -2.22. The molecule has 1 nitrogen and oxygen atoms in total. The topological polar surface area (TPSA) is 12.0 Å². The summed E-state index contributed by atoms with van der Waals surface area (Å²) in [5.74, 6) is 0. The number of hydrogen-bond donors (Lipinski definition) is 1. The van der Waals surface area contributed by atoms with Crippen molar-refractivity contribution in [3.8, 4) is 0 Å². The van der Waals surface area contributed by atoms with Crippen LogP contribution in [-0.2, 0) is 0 Å². The van der Waals surface area contributed by atoms with Crippen LogP contribution in [0.3, 0.4) is 0 Å². The van der Waals surface area contributed by atoms with Gasteiger partial charge in [0.2, 0.25) is 0 Å². The molecule has 1 aromatic rings. The van der Waals surface area contributed by atoms with Crippen molar-refractivity contribution >= 4 is 22.9 Å². The van der Waals surface area contributed by atoms with Crippen LogP contribution in [0.4, 0.5) is 5.69 Å². The highest BCUT2D eigenvalue weighted by Gasteiger charge is 2.18. The summed E-state index contributed by atoms with van der Waals surface area (Å²) in [5, 5.41) is 3.19. The van der Waals surface area contributed by atoms with Crippen LogP contribution in [0.2, 0.25) is 0 Å². The summed E-state index contributed by atoms with van der Waals surface area (Å²) in [5.41, 5.74) is 0.859. The van der Waals surface area contributed by atoms with E-state index >= 15 is 0 Å². The molecule has 0 unspecified atom stereocenters. The number of para-hydroxylation sites is 1. The zero-order valence-electron chi connectivity index (χ0n) is 8.58. The lowest BCUT2D eigenvalue weighted by Crippen LogP contribution is -2.26. The van der Waals surface area contributed by atoms with E-state index in [-0.39, 0.29) is 5.41 Å². The first-order valence-electron chi connectivity index (χ1n) is 4.56. The Bertz CT molecular complexity index is 327. The van der Waals surface area contributed by atoms with Gasteiger partial charge in [0, 0.05) is 11.1 Å². The van der Waals surface area contributed by atoms with Crippen molar-refractivity contribution in [3.63, 3.8) is 0 Å². The maximum absolute atomic E-state index is 5.29. The first-order valence-corrected chi connectivity index (χ1v) is 4.97. The second-order valence-electron chi connectivity index (χ2n) is 3.75. The predicted molar refractivity (Wildman–Crippen MR) is 66.6 cm³/mol. The molecule has 14 heavy (non-hydrogen) atoms. The SMILES string of the molecule is C=CC(C)(C)C(=S)Nc1ccccc1. The van der Waals surface area contributed by atoms with E-state index < -0.39 is 0 Å². The Balaban J connectivity index is 2.72. The summed E-state index contributed by atoms with van der Waals surface area (Å²) in [6.07, 6.45) is 1.85. The highest BCUT2D eigenvalue weighted by atomic mass is 32.1. The fraction of sp³-hybridized carbons (Fsp3) is 0.250. The second-order valence-corrected chi connectivity index (χ2v) is 4.15. The molecule has 1 N–H and O–H groups in total. The van der Waals surface area contributed by atoms with Gasteiger partial charge in [-0.2, -0.15) is 0 Å². The van der Waals surface area contributed by atoms with Gasteiger partial charge in [0.05, 0.1) is 4.99 Å². The van der Waals surface area contributed by atoms with E-state index in [2.05, 4.69) is 11.9 Å². The fourth-order valence-corrected chi connectivity index (χ4v) is 1.11. The third kappa shape index (κ3) is 2.67. The number of benzene rings is 1. The maximum Gasteiger partial charge on any atom is 0.0892 e. The molecule has 0 aromatic heterocycles. The van der Waals surface area contributed by atoms with Gasteiger partial charge in [0.25, 0.3) is 0 Å². The number of rotatable bonds is 3. The van der Waals surface area contributed by atoms with Gasteiger partial charge in [0.15, 0.2) is 0 Å². The third-order valence-electron chi connectivity index (χ3n) is 2.13. The van der Waals surface area contributed by atoms with Gasteiger partial charge in [-0.05, 0) is 26.0 Å². The van der Waals surface area contributed by atoms with E-state index in [1.165, 1.54) is 0 Å². The number of anilines is 1. The molecule has 0 radical (unpaired) electrons. The Hall–Kier alpha value is -1.15. The Morgan fingerprint density at radius 3 is 2.43 bits per heavy atom. The summed E-state index contributed by atoms with van der Waals surface area (Å²) in [7, 11) is 0. The van der Waals surface area contributed by atoms with Crippen molar-refractivity contribution in [2.24, 2.45) is 5.41 Å². The van der Waals surface area contributed by atoms with Crippen molar-refractivity contribution in [2.45, 2.75) is 13.8 Å². The van der Waals surface area contributed by atoms with E-state index in [1.807, 2.05) is 50.3 Å². The summed E-state index contributed by atoms with van der Waals surface area (Å²) in [6.45, 7) is 7.85. The minimum absolute atomic E-state index is 0.162. The molecule has 0 aliphatic carbocycles. The average Bonchev–Trinajstić information content (AvgIpc) is 2.19. The standard InChI is InChI=1S/C12H15NS/c1-4-12(2,3)11(14)13-10-8-6-5-7-9-10/h4-9H,1H2,2-3H3,(H,13,14). The van der Waals surface area contributed by atoms with Gasteiger partial charge in [-0.15, -0.1) is 6.58 Å². The summed E-state index contributed by atoms with van der Waals surface area (Å²) < 4.78 is 0. The maximum atomic E-state index is 5.29. The Kier molecular flexibility index (Phi) is 3.42. The van der Waals surface area contributed by atoms with Crippen molar-refractivity contribution in [1.82, 2.24) is 0 Å². The zero-order chi connectivity index (χ0) is 10.6. The molecule has 0 heterocycles. The van der Waals surface area contributed by atoms with Crippen LogP contribution in [-0.4, -0.2) is 4.99 Å². The quantitative estimate of drug-likeness (QED) is 0.597. The van der Waals surface area contributed by atoms with Crippen LogP contribution >= 0.6 is 12.2 Å². The fourth-order valence-electron chi connectivity index (χ4n) is 0.906. The van der Waals surface area contributed by atoms with Gasteiger partial charge >= 0.3 is 0 Å². The molecule has 0 saturated carbocycles. The van der Waals surface area contributed by atoms with Gasteiger partial charge in [-0.25, -0.2) is 0 Å². The van der Waals surface area contributed by atoms with Crippen molar-refractivity contribution in [3.05, 3.63) is 43.0 Å². The van der Waals surface area contributed by atoms with E-state index in [0.29, 0.717) is 0 Å². The Morgan fingerprint density at radius 2 is 1.93 bits per heavy atom. The molecule has 0 bridgehead atoms. The van der Waals surface area contributed by atoms with Gasteiger partial charge in [-0.1, -0.05) is 36.5 Å². The molecule has 0 aliphatic rings. The first-order chi connectivity index (χ1) is 6.56. The van der Waals surface area contributed by atoms with Crippen molar-refractivity contribution < 1.29 is 0 Å². The summed E-state index contributed by atoms with van der Waals surface area (Å²) in [4.78, 5) is 0.790. The monoisotopic (exact) mass is 205 g/mol. The van der Waals surface area contributed by atoms with E-state index in [1.54, 1.807) is 0 Å². The predicted octanol–water partition coefficient (Wildman–Crippen LogP) is 3.64. The molecule has 1 aromatic carbocycles. The lowest BCUT2D eigenvalue weighted by molar-refractivity contribution is 0.688. The molecular weight excluding hydrogens is 190 g/mol. The van der Waals surface area contributed by atoms with Crippen LogP contribution in [0.25, 0.3) is 0 Å². The summed E-state index contributed by atoms with van der Waals surface area (Å²) >= 11 is 5.29. The molecular formula is C12H15NS. The number of thiocarbonyl (C=S) groups is 1. The lowest BCUT2D eigenvalue weighted by atomic mass is 9.93. The minimum Gasteiger partial charge on any atom is -0.349 e. The minimum atomic E-state index is -0.162.